The topological polar surface area (TPSA) is 12.9 Å². The van der Waals surface area contributed by atoms with E-state index in [1.165, 1.54) is 4.88 Å². The Morgan fingerprint density at radius 2 is 2.15 bits per heavy atom. The molecule has 0 fully saturated rings. The van der Waals surface area contributed by atoms with Crippen molar-refractivity contribution < 1.29 is 0 Å². The van der Waals surface area contributed by atoms with Crippen molar-refractivity contribution in [3.05, 3.63) is 31.5 Å². The molecule has 0 bridgehead atoms. The van der Waals surface area contributed by atoms with Gasteiger partial charge in [-0.25, -0.2) is 4.98 Å². The molecule has 1 nitrogen and oxygen atoms in total. The first-order chi connectivity index (χ1) is 6.15. The molecule has 68 valence electrons. The van der Waals surface area contributed by atoms with E-state index >= 15 is 0 Å². The fourth-order valence-electron chi connectivity index (χ4n) is 1.29. The number of hydrogen-bond acceptors (Lipinski definition) is 4. The van der Waals surface area contributed by atoms with Crippen LogP contribution in [0.4, 0.5) is 0 Å². The molecule has 0 radical (unpaired) electrons. The second-order valence-electron chi connectivity index (χ2n) is 2.93. The lowest BCUT2D eigenvalue weighted by molar-refractivity contribution is 1.11. The first-order valence-corrected chi connectivity index (χ1v) is 5.63. The number of thiol groups is 2. The second-order valence-corrected chi connectivity index (χ2v) is 5.25. The number of allylic oxidation sites excluding steroid dienone is 2. The maximum absolute atomic E-state index is 4.45. The summed E-state index contributed by atoms with van der Waals surface area (Å²) in [4.78, 5) is 7.63. The fraction of sp³-hybridized carbons (Fsp3) is 0.222. The number of aryl methyl sites for hydroxylation is 1. The summed E-state index contributed by atoms with van der Waals surface area (Å²) in [6.07, 6.45) is 4.84. The van der Waals surface area contributed by atoms with Gasteiger partial charge in [-0.1, -0.05) is 0 Å². The molecule has 1 aromatic rings. The Labute approximate surface area is 92.4 Å². The SMILES string of the molecule is Cc1nc2c(s1)C=C(S)C=C(S)C2. The van der Waals surface area contributed by atoms with E-state index < -0.39 is 0 Å². The van der Waals surface area contributed by atoms with Crippen LogP contribution in [0.25, 0.3) is 6.08 Å². The van der Waals surface area contributed by atoms with Crippen LogP contribution in [0.5, 0.6) is 0 Å². The Bertz CT molecular complexity index is 401. The highest BCUT2D eigenvalue weighted by atomic mass is 32.1. The van der Waals surface area contributed by atoms with Crippen molar-refractivity contribution in [1.29, 1.82) is 0 Å². The van der Waals surface area contributed by atoms with Crippen molar-refractivity contribution in [2.24, 2.45) is 0 Å². The Balaban J connectivity index is 2.53. The zero-order chi connectivity index (χ0) is 9.42. The van der Waals surface area contributed by atoms with Crippen molar-refractivity contribution in [3.8, 4) is 0 Å². The van der Waals surface area contributed by atoms with Gasteiger partial charge in [-0.05, 0) is 24.0 Å². The van der Waals surface area contributed by atoms with E-state index in [0.29, 0.717) is 0 Å². The Kier molecular flexibility index (Phi) is 2.53. The smallest absolute Gasteiger partial charge is 0.0903 e. The van der Waals surface area contributed by atoms with Gasteiger partial charge < -0.3 is 0 Å². The van der Waals surface area contributed by atoms with Crippen LogP contribution in [0.2, 0.25) is 0 Å². The van der Waals surface area contributed by atoms with Crippen molar-refractivity contribution in [2.45, 2.75) is 13.3 Å². The largest absolute Gasteiger partial charge is 0.246 e. The highest BCUT2D eigenvalue weighted by Crippen LogP contribution is 2.29. The molecule has 0 spiro atoms. The average molecular weight is 227 g/mol. The number of hydrogen-bond donors (Lipinski definition) is 2. The van der Waals surface area contributed by atoms with Crippen molar-refractivity contribution in [2.75, 3.05) is 0 Å². The first-order valence-electron chi connectivity index (χ1n) is 3.91. The first kappa shape index (κ1) is 9.37. The highest BCUT2D eigenvalue weighted by molar-refractivity contribution is 7.85. The molecule has 13 heavy (non-hydrogen) atoms. The van der Waals surface area contributed by atoms with Gasteiger partial charge in [0.2, 0.25) is 0 Å². The Morgan fingerprint density at radius 3 is 2.92 bits per heavy atom. The van der Waals surface area contributed by atoms with Crippen LogP contribution in [-0.4, -0.2) is 4.98 Å². The van der Waals surface area contributed by atoms with Crippen LogP contribution in [0.3, 0.4) is 0 Å². The third kappa shape index (κ3) is 2.00. The van der Waals surface area contributed by atoms with E-state index in [2.05, 4.69) is 30.2 Å². The minimum Gasteiger partial charge on any atom is -0.246 e. The normalized spacial score (nSPS) is 15.9. The molecule has 4 heteroatoms. The molecule has 0 saturated heterocycles. The van der Waals surface area contributed by atoms with Crippen LogP contribution in [0, 0.1) is 6.92 Å². The lowest BCUT2D eigenvalue weighted by Crippen LogP contribution is -1.86. The summed E-state index contributed by atoms with van der Waals surface area (Å²) in [5.41, 5.74) is 1.12. The van der Waals surface area contributed by atoms with Crippen LogP contribution in [0.15, 0.2) is 15.9 Å². The van der Waals surface area contributed by atoms with Gasteiger partial charge in [0.15, 0.2) is 0 Å². The van der Waals surface area contributed by atoms with Gasteiger partial charge in [-0.2, -0.15) is 0 Å². The van der Waals surface area contributed by atoms with E-state index in [9.17, 15) is 0 Å². The predicted octanol–water partition coefficient (Wildman–Crippen LogP) is 3.09. The molecule has 1 aliphatic carbocycles. The van der Waals surface area contributed by atoms with Crippen molar-refractivity contribution >= 4 is 42.7 Å². The molecular weight excluding hydrogens is 218 g/mol. The number of aromatic nitrogens is 1. The van der Waals surface area contributed by atoms with Gasteiger partial charge in [-0.15, -0.1) is 36.6 Å². The quantitative estimate of drug-likeness (QED) is 0.649. The minimum atomic E-state index is 0.823. The zero-order valence-corrected chi connectivity index (χ0v) is 9.72. The van der Waals surface area contributed by atoms with Gasteiger partial charge in [0.25, 0.3) is 0 Å². The molecule has 0 N–H and O–H groups in total. The molecule has 0 unspecified atom stereocenters. The van der Waals surface area contributed by atoms with Crippen LogP contribution in [-0.2, 0) is 6.42 Å². The van der Waals surface area contributed by atoms with E-state index in [1.54, 1.807) is 11.3 Å². The zero-order valence-electron chi connectivity index (χ0n) is 7.11. The van der Waals surface area contributed by atoms with Crippen molar-refractivity contribution in [3.63, 3.8) is 0 Å². The molecule has 0 aromatic carbocycles. The molecule has 0 saturated carbocycles. The molecule has 0 aliphatic heterocycles. The molecule has 1 aromatic heterocycles. The lowest BCUT2D eigenvalue weighted by atomic mass is 10.3. The monoisotopic (exact) mass is 227 g/mol. The average Bonchev–Trinajstić information content (AvgIpc) is 2.24. The highest BCUT2D eigenvalue weighted by Gasteiger charge is 2.11. The number of fused-ring (bicyclic) bond motifs is 1. The summed E-state index contributed by atoms with van der Waals surface area (Å²) >= 11 is 10.4. The summed E-state index contributed by atoms with van der Waals surface area (Å²) in [7, 11) is 0. The maximum Gasteiger partial charge on any atom is 0.0903 e. The fourth-order valence-corrected chi connectivity index (χ4v) is 2.95. The predicted molar refractivity (Wildman–Crippen MR) is 64.6 cm³/mol. The third-order valence-electron chi connectivity index (χ3n) is 1.78. The van der Waals surface area contributed by atoms with E-state index in [1.807, 2.05) is 19.1 Å². The van der Waals surface area contributed by atoms with Gasteiger partial charge in [0.1, 0.15) is 0 Å². The molecule has 0 atom stereocenters. The van der Waals surface area contributed by atoms with Crippen LogP contribution in [0.1, 0.15) is 15.6 Å². The number of nitrogens with zero attached hydrogens (tertiary/aromatic N) is 1. The number of thiazole rings is 1. The summed E-state index contributed by atoms with van der Waals surface area (Å²) in [5.74, 6) is 0. The minimum absolute atomic E-state index is 0.823. The van der Waals surface area contributed by atoms with Crippen LogP contribution >= 0.6 is 36.6 Å². The summed E-state index contributed by atoms with van der Waals surface area (Å²) < 4.78 is 0. The standard InChI is InChI=1S/C9H9NS3/c1-5-10-8-3-6(11)2-7(12)4-9(8)13-5/h2,4,11-12H,3H2,1H3. The van der Waals surface area contributed by atoms with E-state index in [-0.39, 0.29) is 0 Å². The molecule has 1 heterocycles. The lowest BCUT2D eigenvalue weighted by Gasteiger charge is -1.94. The van der Waals surface area contributed by atoms with Gasteiger partial charge >= 0.3 is 0 Å². The second kappa shape index (κ2) is 3.52. The van der Waals surface area contributed by atoms with Gasteiger partial charge in [0.05, 0.1) is 15.6 Å². The van der Waals surface area contributed by atoms with Gasteiger partial charge in [-0.3, -0.25) is 0 Å². The van der Waals surface area contributed by atoms with Crippen LogP contribution < -0.4 is 0 Å². The Morgan fingerprint density at radius 1 is 1.38 bits per heavy atom. The van der Waals surface area contributed by atoms with Gasteiger partial charge in [0, 0.05) is 11.3 Å². The molecule has 2 rings (SSSR count). The van der Waals surface area contributed by atoms with E-state index in [4.69, 9.17) is 0 Å². The molecule has 1 aliphatic rings. The Hall–Kier alpha value is -0.190. The maximum atomic E-state index is 4.45. The molecular formula is C9H9NS3. The van der Waals surface area contributed by atoms with E-state index in [0.717, 1.165) is 26.9 Å². The van der Waals surface area contributed by atoms with Crippen molar-refractivity contribution in [1.82, 2.24) is 4.98 Å². The molecule has 0 amide bonds. The summed E-state index contributed by atoms with van der Waals surface area (Å²) in [6, 6.07) is 0. The summed E-state index contributed by atoms with van der Waals surface area (Å²) in [6.45, 7) is 2.02. The third-order valence-corrected chi connectivity index (χ3v) is 3.28. The summed E-state index contributed by atoms with van der Waals surface area (Å²) in [5, 5.41) is 1.10. The number of rotatable bonds is 0.